The fourth-order valence-electron chi connectivity index (χ4n) is 6.20. The number of aromatic carboxylic acids is 1. The van der Waals surface area contributed by atoms with E-state index in [9.17, 15) is 14.7 Å². The maximum atomic E-state index is 13.1. The van der Waals surface area contributed by atoms with Crippen LogP contribution in [0.25, 0.3) is 16.8 Å². The van der Waals surface area contributed by atoms with Crippen molar-refractivity contribution in [2.24, 2.45) is 7.05 Å². The second-order valence-electron chi connectivity index (χ2n) is 11.2. The number of fused-ring (bicyclic) bond motifs is 2. The van der Waals surface area contributed by atoms with Gasteiger partial charge in [-0.2, -0.15) is 0 Å². The van der Waals surface area contributed by atoms with Crippen molar-refractivity contribution in [1.82, 2.24) is 28.4 Å². The molecule has 11 nitrogen and oxygen atoms in total. The molecule has 1 aliphatic heterocycles. The highest BCUT2D eigenvalue weighted by atomic mass is 16.4. The number of benzene rings is 1. The second-order valence-corrected chi connectivity index (χ2v) is 11.2. The summed E-state index contributed by atoms with van der Waals surface area (Å²) in [6.07, 6.45) is 6.77. The van der Waals surface area contributed by atoms with Gasteiger partial charge in [-0.15, -0.1) is 0 Å². The largest absolute Gasteiger partial charge is 0.475 e. The van der Waals surface area contributed by atoms with E-state index < -0.39 is 5.97 Å². The minimum absolute atomic E-state index is 0.0168. The van der Waals surface area contributed by atoms with Gasteiger partial charge < -0.3 is 28.9 Å². The predicted molar refractivity (Wildman–Crippen MR) is 161 cm³/mol. The number of aromatic nitrogens is 5. The van der Waals surface area contributed by atoms with Crippen LogP contribution in [0.1, 0.15) is 58.5 Å². The molecule has 6 rings (SSSR count). The van der Waals surface area contributed by atoms with E-state index in [2.05, 4.69) is 19.8 Å². The molecule has 0 bridgehead atoms. The maximum absolute atomic E-state index is 13.1. The number of aryl methyl sites for hydroxylation is 3. The Bertz CT molecular complexity index is 1840. The van der Waals surface area contributed by atoms with Crippen molar-refractivity contribution in [3.63, 3.8) is 0 Å². The van der Waals surface area contributed by atoms with Gasteiger partial charge in [0.15, 0.2) is 0 Å². The highest BCUT2D eigenvalue weighted by Gasteiger charge is 2.25. The fraction of sp³-hybridized carbons (Fsp3) is 0.419. The third-order valence-corrected chi connectivity index (χ3v) is 8.59. The average Bonchev–Trinajstić information content (AvgIpc) is 3.62. The van der Waals surface area contributed by atoms with Gasteiger partial charge in [-0.3, -0.25) is 9.20 Å². The molecule has 0 saturated carbocycles. The molecule has 2 N–H and O–H groups in total. The summed E-state index contributed by atoms with van der Waals surface area (Å²) in [6, 6.07) is 8.26. The van der Waals surface area contributed by atoms with E-state index in [0.717, 1.165) is 71.8 Å². The number of hydrogen-bond acceptors (Lipinski definition) is 7. The number of para-hydroxylation sites is 2. The number of carbonyl (C=O) groups is 1. The summed E-state index contributed by atoms with van der Waals surface area (Å²) in [5.74, 6) is 1.04. The van der Waals surface area contributed by atoms with E-state index in [1.807, 2.05) is 62.8 Å². The van der Waals surface area contributed by atoms with Crippen molar-refractivity contribution < 1.29 is 14.3 Å². The molecule has 0 unspecified atom stereocenters. The first-order chi connectivity index (χ1) is 20.2. The molecule has 0 atom stereocenters. The lowest BCUT2D eigenvalue weighted by Gasteiger charge is -2.32. The van der Waals surface area contributed by atoms with Gasteiger partial charge in [0.1, 0.15) is 5.76 Å². The van der Waals surface area contributed by atoms with Crippen LogP contribution in [0.5, 0.6) is 0 Å². The first-order valence-corrected chi connectivity index (χ1v) is 14.6. The SMILES string of the molecule is CCc1c(C(=O)O)oc(C)c1Cn1c(NC2CCN(CCc3c(C)nc4n(C)ccn4c3=O)CC2)nc2ccccc21. The molecule has 220 valence electrons. The Kier molecular flexibility index (Phi) is 7.36. The van der Waals surface area contributed by atoms with Gasteiger partial charge >= 0.3 is 5.97 Å². The molecule has 1 fully saturated rings. The van der Waals surface area contributed by atoms with Crippen molar-refractivity contribution in [2.45, 2.75) is 59.0 Å². The van der Waals surface area contributed by atoms with Crippen LogP contribution in [0.2, 0.25) is 0 Å². The second kappa shape index (κ2) is 11.1. The lowest BCUT2D eigenvalue weighted by atomic mass is 10.0. The first-order valence-electron chi connectivity index (χ1n) is 14.6. The van der Waals surface area contributed by atoms with Gasteiger partial charge in [-0.1, -0.05) is 19.1 Å². The molecular weight excluding hydrogens is 534 g/mol. The highest BCUT2D eigenvalue weighted by Crippen LogP contribution is 2.29. The molecule has 0 spiro atoms. The van der Waals surface area contributed by atoms with Crippen LogP contribution in [0.4, 0.5) is 5.95 Å². The molecule has 0 radical (unpaired) electrons. The third kappa shape index (κ3) is 4.98. The molecule has 1 saturated heterocycles. The zero-order valence-corrected chi connectivity index (χ0v) is 24.6. The van der Waals surface area contributed by atoms with Crippen LogP contribution < -0.4 is 10.9 Å². The Morgan fingerprint density at radius 3 is 2.60 bits per heavy atom. The maximum Gasteiger partial charge on any atom is 0.372 e. The van der Waals surface area contributed by atoms with Gasteiger partial charge in [0.25, 0.3) is 5.56 Å². The van der Waals surface area contributed by atoms with Gasteiger partial charge in [0.2, 0.25) is 17.5 Å². The molecule has 1 aromatic carbocycles. The van der Waals surface area contributed by atoms with Crippen LogP contribution >= 0.6 is 0 Å². The van der Waals surface area contributed by atoms with Crippen molar-refractivity contribution in [2.75, 3.05) is 25.0 Å². The van der Waals surface area contributed by atoms with Crippen LogP contribution in [0.15, 0.2) is 45.9 Å². The molecule has 11 heteroatoms. The van der Waals surface area contributed by atoms with E-state index in [-0.39, 0.29) is 17.4 Å². The Hall–Kier alpha value is -4.38. The van der Waals surface area contributed by atoms with E-state index >= 15 is 0 Å². The molecule has 5 heterocycles. The van der Waals surface area contributed by atoms with Crippen LogP contribution in [-0.2, 0) is 26.4 Å². The van der Waals surface area contributed by atoms with Gasteiger partial charge in [-0.05, 0) is 51.7 Å². The Morgan fingerprint density at radius 2 is 1.86 bits per heavy atom. The van der Waals surface area contributed by atoms with E-state index in [4.69, 9.17) is 9.40 Å². The van der Waals surface area contributed by atoms with Crippen LogP contribution in [0, 0.1) is 13.8 Å². The number of anilines is 1. The van der Waals surface area contributed by atoms with Crippen molar-refractivity contribution >= 4 is 28.7 Å². The summed E-state index contributed by atoms with van der Waals surface area (Å²) in [4.78, 5) is 36.8. The van der Waals surface area contributed by atoms with Crippen molar-refractivity contribution in [1.29, 1.82) is 0 Å². The number of nitrogens with one attached hydrogen (secondary N) is 1. The highest BCUT2D eigenvalue weighted by molar-refractivity contribution is 5.87. The minimum Gasteiger partial charge on any atom is -0.475 e. The molecule has 0 aliphatic carbocycles. The zero-order valence-electron chi connectivity index (χ0n) is 24.6. The molecule has 1 aliphatic rings. The lowest BCUT2D eigenvalue weighted by Crippen LogP contribution is -2.41. The molecule has 5 aromatic rings. The summed E-state index contributed by atoms with van der Waals surface area (Å²) in [6.45, 7) is 8.82. The molecule has 0 amide bonds. The first kappa shape index (κ1) is 27.8. The predicted octanol–water partition coefficient (Wildman–Crippen LogP) is 4.02. The number of likely N-dealkylation sites (tertiary alicyclic amines) is 1. The Morgan fingerprint density at radius 1 is 1.10 bits per heavy atom. The third-order valence-electron chi connectivity index (χ3n) is 8.59. The van der Waals surface area contributed by atoms with Gasteiger partial charge in [0, 0.05) is 61.8 Å². The number of rotatable bonds is 9. The zero-order chi connectivity index (χ0) is 29.5. The fourth-order valence-corrected chi connectivity index (χ4v) is 6.20. The standard InChI is InChI=1S/C31H37N7O4/c1-5-22-24(20(3)42-27(22)29(40)41)18-38-26-9-7-6-8-25(26)34-30(38)33-21-10-13-36(14-11-21)15-12-23-19(2)32-31-35(4)16-17-37(31)28(23)39/h6-9,16-17,21H,5,10-15,18H2,1-4H3,(H,33,34)(H,40,41). The Labute approximate surface area is 243 Å². The summed E-state index contributed by atoms with van der Waals surface area (Å²) in [5, 5.41) is 13.3. The number of hydrogen-bond donors (Lipinski definition) is 2. The Balaban J connectivity index is 1.15. The van der Waals surface area contributed by atoms with Crippen molar-refractivity contribution in [3.8, 4) is 0 Å². The van der Waals surface area contributed by atoms with Crippen LogP contribution in [0.3, 0.4) is 0 Å². The lowest BCUT2D eigenvalue weighted by molar-refractivity contribution is 0.0659. The normalized spacial score (nSPS) is 14.8. The number of piperidine rings is 1. The number of carboxylic acids is 1. The van der Waals surface area contributed by atoms with E-state index in [1.165, 1.54) is 0 Å². The number of imidazole rings is 2. The monoisotopic (exact) mass is 571 g/mol. The smallest absolute Gasteiger partial charge is 0.372 e. The van der Waals surface area contributed by atoms with Crippen molar-refractivity contribution in [3.05, 3.63) is 80.9 Å². The minimum atomic E-state index is -1.04. The number of carboxylic acid groups (broad SMARTS) is 1. The summed E-state index contributed by atoms with van der Waals surface area (Å²) < 4.78 is 11.3. The number of nitrogens with zero attached hydrogens (tertiary/aromatic N) is 6. The topological polar surface area (TPSA) is 123 Å². The average molecular weight is 572 g/mol. The van der Waals surface area contributed by atoms with E-state index in [1.54, 1.807) is 10.6 Å². The summed E-state index contributed by atoms with van der Waals surface area (Å²) >= 11 is 0. The van der Waals surface area contributed by atoms with Gasteiger partial charge in [0.05, 0.1) is 23.3 Å². The molecular formula is C31H37N7O4. The van der Waals surface area contributed by atoms with Crippen LogP contribution in [-0.4, -0.2) is 65.2 Å². The quantitative estimate of drug-likeness (QED) is 0.272. The van der Waals surface area contributed by atoms with Gasteiger partial charge in [-0.25, -0.2) is 14.8 Å². The molecule has 42 heavy (non-hydrogen) atoms. The number of furan rings is 1. The van der Waals surface area contributed by atoms with E-state index in [0.29, 0.717) is 30.9 Å². The molecule has 4 aromatic heterocycles. The summed E-state index contributed by atoms with van der Waals surface area (Å²) in [7, 11) is 1.89. The summed E-state index contributed by atoms with van der Waals surface area (Å²) in [5.41, 5.74) is 5.09.